The highest BCUT2D eigenvalue weighted by atomic mass is 32.2. The summed E-state index contributed by atoms with van der Waals surface area (Å²) in [6.45, 7) is 0.433. The molecule has 1 saturated heterocycles. The number of ketones is 1. The van der Waals surface area contributed by atoms with Crippen LogP contribution in [-0.2, 0) is 33.0 Å². The van der Waals surface area contributed by atoms with Crippen LogP contribution in [0.15, 0.2) is 36.8 Å². The summed E-state index contributed by atoms with van der Waals surface area (Å²) in [4.78, 5) is 26.0. The number of nitrogens with one attached hydrogen (secondary N) is 1. The first-order valence-corrected chi connectivity index (χ1v) is 16.0. The van der Waals surface area contributed by atoms with E-state index >= 15 is 0 Å². The van der Waals surface area contributed by atoms with Crippen LogP contribution in [0.3, 0.4) is 0 Å². The summed E-state index contributed by atoms with van der Waals surface area (Å²) in [7, 11) is -0.413. The lowest BCUT2D eigenvalue weighted by Gasteiger charge is -2.25. The van der Waals surface area contributed by atoms with Gasteiger partial charge in [0.25, 0.3) is 6.43 Å². The smallest absolute Gasteiger partial charge is 0.295 e. The van der Waals surface area contributed by atoms with Gasteiger partial charge in [0, 0.05) is 38.6 Å². The Labute approximate surface area is 247 Å². The number of anilines is 3. The molecule has 0 amide bonds. The monoisotopic (exact) mass is 613 g/mol. The van der Waals surface area contributed by atoms with E-state index in [1.165, 1.54) is 11.6 Å². The number of halogens is 2. The van der Waals surface area contributed by atoms with Crippen LogP contribution in [0.1, 0.15) is 56.3 Å². The molecule has 0 spiro atoms. The molecule has 3 aromatic heterocycles. The Bertz CT molecular complexity index is 1790. The van der Waals surface area contributed by atoms with Crippen molar-refractivity contribution in [2.24, 2.45) is 13.0 Å². The summed E-state index contributed by atoms with van der Waals surface area (Å²) in [6, 6.07) is 6.88. The summed E-state index contributed by atoms with van der Waals surface area (Å²) in [6.07, 6.45) is 4.74. The topological polar surface area (TPSA) is 124 Å². The van der Waals surface area contributed by atoms with Gasteiger partial charge in [-0.3, -0.25) is 13.7 Å². The number of imidazole rings is 2. The van der Waals surface area contributed by atoms with Gasteiger partial charge in [0.05, 0.1) is 47.2 Å². The fraction of sp³-hybridized carbons (Fsp3) is 0.448. The van der Waals surface area contributed by atoms with Crippen LogP contribution in [-0.4, -0.2) is 58.2 Å². The van der Waals surface area contributed by atoms with E-state index in [1.807, 2.05) is 17.7 Å². The Balaban J connectivity index is 1.51. The molecule has 2 aliphatic rings. The summed E-state index contributed by atoms with van der Waals surface area (Å²) in [5, 5.41) is 3.26. The second-order valence-electron chi connectivity index (χ2n) is 11.2. The number of Topliss-reactive ketones (excluding diaryl/α,β-unsaturated/α-hetero) is 1. The molecule has 0 bridgehead atoms. The minimum atomic E-state index is -3.69. The molecule has 0 radical (unpaired) electrons. The van der Waals surface area contributed by atoms with Gasteiger partial charge in [0.2, 0.25) is 10.0 Å². The molecule has 4 heterocycles. The second kappa shape index (κ2) is 11.3. The van der Waals surface area contributed by atoms with Crippen molar-refractivity contribution in [3.05, 3.63) is 48.3 Å². The lowest BCUT2D eigenvalue weighted by atomic mass is 10.1. The number of hydrogen-bond donors (Lipinski definition) is 1. The molecule has 1 N–H and O–H groups in total. The minimum absolute atomic E-state index is 0.00770. The number of sulfonamides is 1. The number of benzene rings is 1. The molecule has 6 rings (SSSR count). The SMILES string of the molecule is CN(c1cc(-c2cncn2C)ccc1Nc1cc(CC(=O)C2CC2)nc2c1nc(C(F)F)n2C1CCCCO1)S(C)(=O)=O. The van der Waals surface area contributed by atoms with Gasteiger partial charge in [-0.1, -0.05) is 6.07 Å². The molecular formula is C29H33F2N7O4S. The number of pyridine rings is 1. The maximum absolute atomic E-state index is 14.4. The van der Waals surface area contributed by atoms with Crippen LogP contribution in [0.5, 0.6) is 0 Å². The molecule has 1 aromatic carbocycles. The van der Waals surface area contributed by atoms with E-state index in [-0.39, 0.29) is 29.3 Å². The van der Waals surface area contributed by atoms with Crippen molar-refractivity contribution in [2.45, 2.75) is 51.2 Å². The quantitative estimate of drug-likeness (QED) is 0.261. The maximum Gasteiger partial charge on any atom is 0.295 e. The third kappa shape index (κ3) is 5.85. The largest absolute Gasteiger partial charge is 0.358 e. The highest BCUT2D eigenvalue weighted by Crippen LogP contribution is 2.39. The van der Waals surface area contributed by atoms with Gasteiger partial charge in [-0.2, -0.15) is 0 Å². The van der Waals surface area contributed by atoms with E-state index in [4.69, 9.17) is 4.74 Å². The molecule has 1 aliphatic heterocycles. The zero-order valence-corrected chi connectivity index (χ0v) is 24.9. The normalized spacial score (nSPS) is 17.5. The Morgan fingerprint density at radius 1 is 1.16 bits per heavy atom. The van der Waals surface area contributed by atoms with Gasteiger partial charge in [-0.25, -0.2) is 32.2 Å². The fourth-order valence-electron chi connectivity index (χ4n) is 5.43. The summed E-state index contributed by atoms with van der Waals surface area (Å²) in [5.74, 6) is -0.431. The number of hydrogen-bond acceptors (Lipinski definition) is 8. The number of aryl methyl sites for hydroxylation is 1. The van der Waals surface area contributed by atoms with E-state index < -0.39 is 28.5 Å². The van der Waals surface area contributed by atoms with Crippen LogP contribution in [0.4, 0.5) is 25.8 Å². The average molecular weight is 614 g/mol. The first-order valence-electron chi connectivity index (χ1n) is 14.2. The van der Waals surface area contributed by atoms with Crippen LogP contribution < -0.4 is 9.62 Å². The van der Waals surface area contributed by atoms with E-state index in [1.54, 1.807) is 30.7 Å². The highest BCUT2D eigenvalue weighted by Gasteiger charge is 2.32. The molecular weight excluding hydrogens is 580 g/mol. The zero-order valence-electron chi connectivity index (χ0n) is 24.1. The lowest BCUT2D eigenvalue weighted by molar-refractivity contribution is -0.119. The molecule has 1 saturated carbocycles. The van der Waals surface area contributed by atoms with Crippen LogP contribution >= 0.6 is 0 Å². The molecule has 2 fully saturated rings. The number of alkyl halides is 2. The molecule has 14 heteroatoms. The van der Waals surface area contributed by atoms with Gasteiger partial charge in [0.1, 0.15) is 17.5 Å². The first-order chi connectivity index (χ1) is 20.5. The van der Waals surface area contributed by atoms with Crippen molar-refractivity contribution in [3.63, 3.8) is 0 Å². The van der Waals surface area contributed by atoms with Gasteiger partial charge >= 0.3 is 0 Å². The van der Waals surface area contributed by atoms with Crippen molar-refractivity contribution in [1.82, 2.24) is 24.1 Å². The number of aromatic nitrogens is 5. The predicted octanol–water partition coefficient (Wildman–Crippen LogP) is 5.13. The summed E-state index contributed by atoms with van der Waals surface area (Å²) >= 11 is 0. The van der Waals surface area contributed by atoms with Crippen molar-refractivity contribution < 1.29 is 26.7 Å². The lowest BCUT2D eigenvalue weighted by Crippen LogP contribution is -2.25. The molecule has 228 valence electrons. The van der Waals surface area contributed by atoms with E-state index in [9.17, 15) is 22.0 Å². The van der Waals surface area contributed by atoms with Crippen LogP contribution in [0.2, 0.25) is 0 Å². The fourth-order valence-corrected chi connectivity index (χ4v) is 5.94. The van der Waals surface area contributed by atoms with Crippen molar-refractivity contribution in [2.75, 3.05) is 29.5 Å². The number of rotatable bonds is 10. The van der Waals surface area contributed by atoms with Crippen LogP contribution in [0, 0.1) is 5.92 Å². The summed E-state index contributed by atoms with van der Waals surface area (Å²) in [5.41, 5.74) is 3.33. The Kier molecular flexibility index (Phi) is 7.67. The Hall–Kier alpha value is -3.91. The molecule has 1 aliphatic carbocycles. The summed E-state index contributed by atoms with van der Waals surface area (Å²) < 4.78 is 64.3. The molecule has 11 nitrogen and oxygen atoms in total. The van der Waals surface area contributed by atoms with Crippen molar-refractivity contribution >= 4 is 44.0 Å². The zero-order chi connectivity index (χ0) is 30.5. The van der Waals surface area contributed by atoms with Gasteiger partial charge < -0.3 is 14.6 Å². The third-order valence-corrected chi connectivity index (χ3v) is 9.16. The standard InChI is InChI=1S/C29H33F2N7O4S/c1-36-16-32-15-23(36)18-9-10-20(22(12-18)37(2)43(3,40)41)34-21-13-19(14-24(39)17-7-8-17)33-28-26(21)35-29(27(30)31)38(28)25-6-4-5-11-42-25/h9-10,12-13,15-17,25,27H,4-8,11,14H2,1-3H3,(H,33,34). The van der Waals surface area contributed by atoms with E-state index in [0.717, 1.165) is 47.5 Å². The number of carbonyl (C=O) groups is 1. The molecule has 43 heavy (non-hydrogen) atoms. The van der Waals surface area contributed by atoms with Gasteiger partial charge in [0.15, 0.2) is 11.5 Å². The maximum atomic E-state index is 14.4. The predicted molar refractivity (Wildman–Crippen MR) is 158 cm³/mol. The van der Waals surface area contributed by atoms with Crippen molar-refractivity contribution in [1.29, 1.82) is 0 Å². The molecule has 1 atom stereocenters. The second-order valence-corrected chi connectivity index (χ2v) is 13.2. The van der Waals surface area contributed by atoms with E-state index in [2.05, 4.69) is 20.3 Å². The van der Waals surface area contributed by atoms with Crippen LogP contribution in [0.25, 0.3) is 22.4 Å². The number of fused-ring (bicyclic) bond motifs is 1. The molecule has 4 aromatic rings. The molecule has 1 unspecified atom stereocenters. The average Bonchev–Trinajstić information content (AvgIpc) is 3.63. The van der Waals surface area contributed by atoms with Gasteiger partial charge in [-0.15, -0.1) is 0 Å². The van der Waals surface area contributed by atoms with Crippen molar-refractivity contribution in [3.8, 4) is 11.3 Å². The Morgan fingerprint density at radius 2 is 1.95 bits per heavy atom. The Morgan fingerprint density at radius 3 is 2.58 bits per heavy atom. The number of carbonyl (C=O) groups excluding carboxylic acids is 1. The number of nitrogens with zero attached hydrogens (tertiary/aromatic N) is 6. The van der Waals surface area contributed by atoms with Gasteiger partial charge in [-0.05, 0) is 50.3 Å². The minimum Gasteiger partial charge on any atom is -0.358 e. The number of ether oxygens (including phenoxy) is 1. The first kappa shape index (κ1) is 29.2. The highest BCUT2D eigenvalue weighted by molar-refractivity contribution is 7.92. The third-order valence-electron chi connectivity index (χ3n) is 7.97. The van der Waals surface area contributed by atoms with E-state index in [0.29, 0.717) is 35.8 Å².